The van der Waals surface area contributed by atoms with Crippen LogP contribution < -0.4 is 5.32 Å². The lowest BCUT2D eigenvalue weighted by Gasteiger charge is -2.20. The molecule has 0 spiro atoms. The number of ether oxygens (including phenoxy) is 3. The lowest BCUT2D eigenvalue weighted by molar-refractivity contribution is -0.149. The molecule has 1 aromatic carbocycles. The number of carbonyl (C=O) groups excluding carboxylic acids is 3. The fraction of sp³-hybridized carbons (Fsp3) is 0.480. The maximum Gasteiger partial charge on any atom is 0.329 e. The third kappa shape index (κ3) is 9.06. The van der Waals surface area contributed by atoms with Crippen LogP contribution in [0.3, 0.4) is 0 Å². The van der Waals surface area contributed by atoms with Crippen LogP contribution in [0.15, 0.2) is 54.6 Å². The van der Waals surface area contributed by atoms with Crippen LogP contribution in [0.5, 0.6) is 0 Å². The highest BCUT2D eigenvalue weighted by Gasteiger charge is 2.23. The average molecular weight is 444 g/mol. The number of carbonyl (C=O) groups is 3. The van der Waals surface area contributed by atoms with Gasteiger partial charge in [0, 0.05) is 31.8 Å². The Balaban J connectivity index is 2.15. The Bertz CT molecular complexity index is 804. The van der Waals surface area contributed by atoms with Crippen molar-refractivity contribution in [3.63, 3.8) is 0 Å². The smallest absolute Gasteiger partial charge is 0.329 e. The molecule has 1 amide bonds. The summed E-state index contributed by atoms with van der Waals surface area (Å²) in [6, 6.07) is 8.69. The number of methoxy groups -OCH3 is 1. The van der Waals surface area contributed by atoms with Crippen molar-refractivity contribution in [3.05, 3.63) is 60.2 Å². The quantitative estimate of drug-likeness (QED) is 0.571. The third-order valence-electron chi connectivity index (χ3n) is 5.18. The minimum absolute atomic E-state index is 0.0693. The fourth-order valence-corrected chi connectivity index (χ4v) is 3.24. The molecule has 1 aliphatic rings. The van der Waals surface area contributed by atoms with E-state index in [2.05, 4.69) is 5.32 Å². The molecular weight excluding hydrogens is 410 g/mol. The van der Waals surface area contributed by atoms with Gasteiger partial charge in [0.1, 0.15) is 12.6 Å². The van der Waals surface area contributed by atoms with E-state index in [0.717, 1.165) is 5.56 Å². The molecule has 7 nitrogen and oxygen atoms in total. The molecular formula is C25H33NO6. The Hall–Kier alpha value is -2.93. The zero-order valence-electron chi connectivity index (χ0n) is 19.0. The molecule has 2 rings (SSSR count). The van der Waals surface area contributed by atoms with E-state index in [-0.39, 0.29) is 55.9 Å². The Labute approximate surface area is 189 Å². The SMILES string of the molecule is CO[C@@H]1COC(=O)C/C=C/[C@@H](C)COC(=O)[C@H](Cc2ccccc2)NC(=O)C/C=C/C1C. The van der Waals surface area contributed by atoms with Crippen LogP contribution in [0, 0.1) is 11.8 Å². The second kappa shape index (κ2) is 13.5. The van der Waals surface area contributed by atoms with Crippen LogP contribution in [0.2, 0.25) is 0 Å². The highest BCUT2D eigenvalue weighted by Crippen LogP contribution is 2.12. The van der Waals surface area contributed by atoms with Crippen LogP contribution in [-0.2, 0) is 35.0 Å². The molecule has 0 aliphatic carbocycles. The molecule has 1 unspecified atom stereocenters. The summed E-state index contributed by atoms with van der Waals surface area (Å²) >= 11 is 0. The summed E-state index contributed by atoms with van der Waals surface area (Å²) in [6.07, 6.45) is 7.35. The fourth-order valence-electron chi connectivity index (χ4n) is 3.24. The summed E-state index contributed by atoms with van der Waals surface area (Å²) < 4.78 is 16.2. The van der Waals surface area contributed by atoms with Gasteiger partial charge in [-0.15, -0.1) is 0 Å². The monoisotopic (exact) mass is 443 g/mol. The molecule has 1 aromatic rings. The molecule has 0 radical (unpaired) electrons. The van der Waals surface area contributed by atoms with Crippen molar-refractivity contribution in [3.8, 4) is 0 Å². The zero-order chi connectivity index (χ0) is 23.3. The number of hydrogen-bond donors (Lipinski definition) is 1. The van der Waals surface area contributed by atoms with Crippen molar-refractivity contribution in [1.29, 1.82) is 0 Å². The Morgan fingerprint density at radius 1 is 0.969 bits per heavy atom. The van der Waals surface area contributed by atoms with E-state index in [4.69, 9.17) is 14.2 Å². The zero-order valence-corrected chi connectivity index (χ0v) is 19.0. The van der Waals surface area contributed by atoms with Gasteiger partial charge in [-0.2, -0.15) is 0 Å². The summed E-state index contributed by atoms with van der Waals surface area (Å²) in [4.78, 5) is 37.2. The van der Waals surface area contributed by atoms with Crippen LogP contribution in [0.25, 0.3) is 0 Å². The minimum atomic E-state index is -0.785. The maximum atomic E-state index is 12.7. The number of benzene rings is 1. The second-order valence-corrected chi connectivity index (χ2v) is 8.00. The Morgan fingerprint density at radius 2 is 1.69 bits per heavy atom. The first-order valence-electron chi connectivity index (χ1n) is 10.9. The average Bonchev–Trinajstić information content (AvgIpc) is 2.77. The Morgan fingerprint density at radius 3 is 2.41 bits per heavy atom. The number of esters is 2. The number of rotatable bonds is 3. The molecule has 174 valence electrons. The van der Waals surface area contributed by atoms with Gasteiger partial charge in [-0.05, 0) is 5.56 Å². The summed E-state index contributed by atoms with van der Waals surface area (Å²) in [7, 11) is 1.56. The molecule has 0 bridgehead atoms. The molecule has 0 saturated heterocycles. The van der Waals surface area contributed by atoms with Crippen molar-refractivity contribution in [2.75, 3.05) is 20.3 Å². The molecule has 4 atom stereocenters. The van der Waals surface area contributed by atoms with Gasteiger partial charge in [-0.25, -0.2) is 4.79 Å². The Kier molecular flexibility index (Phi) is 10.7. The van der Waals surface area contributed by atoms with E-state index >= 15 is 0 Å². The van der Waals surface area contributed by atoms with E-state index in [1.165, 1.54) is 0 Å². The molecule has 1 aliphatic heterocycles. The van der Waals surface area contributed by atoms with Crippen molar-refractivity contribution < 1.29 is 28.6 Å². The minimum Gasteiger partial charge on any atom is -0.464 e. The number of amides is 1. The molecule has 0 aromatic heterocycles. The van der Waals surface area contributed by atoms with Gasteiger partial charge >= 0.3 is 11.9 Å². The molecule has 0 saturated carbocycles. The lowest BCUT2D eigenvalue weighted by Crippen LogP contribution is -2.43. The molecule has 1 N–H and O–H groups in total. The van der Waals surface area contributed by atoms with Gasteiger partial charge in [0.15, 0.2) is 0 Å². The van der Waals surface area contributed by atoms with E-state index in [9.17, 15) is 14.4 Å². The van der Waals surface area contributed by atoms with Crippen molar-refractivity contribution in [2.45, 2.75) is 45.3 Å². The van der Waals surface area contributed by atoms with Crippen LogP contribution in [-0.4, -0.2) is 50.3 Å². The van der Waals surface area contributed by atoms with Crippen LogP contribution >= 0.6 is 0 Å². The third-order valence-corrected chi connectivity index (χ3v) is 5.18. The normalized spacial score (nSPS) is 28.4. The summed E-state index contributed by atoms with van der Waals surface area (Å²) in [5.74, 6) is -1.28. The summed E-state index contributed by atoms with van der Waals surface area (Å²) in [5, 5.41) is 2.80. The second-order valence-electron chi connectivity index (χ2n) is 8.00. The highest BCUT2D eigenvalue weighted by atomic mass is 16.6. The van der Waals surface area contributed by atoms with E-state index in [0.29, 0.717) is 6.42 Å². The van der Waals surface area contributed by atoms with Gasteiger partial charge in [-0.1, -0.05) is 68.5 Å². The molecule has 0 fully saturated rings. The molecule has 1 heterocycles. The van der Waals surface area contributed by atoms with Gasteiger partial charge < -0.3 is 19.5 Å². The van der Waals surface area contributed by atoms with E-state index in [1.54, 1.807) is 19.3 Å². The van der Waals surface area contributed by atoms with Crippen LogP contribution in [0.1, 0.15) is 32.3 Å². The summed E-state index contributed by atoms with van der Waals surface area (Å²) in [6.45, 7) is 4.08. The van der Waals surface area contributed by atoms with Gasteiger partial charge in [0.05, 0.1) is 19.1 Å². The van der Waals surface area contributed by atoms with Crippen molar-refractivity contribution >= 4 is 17.8 Å². The first kappa shape index (κ1) is 25.3. The number of nitrogens with one attached hydrogen (secondary N) is 1. The first-order valence-corrected chi connectivity index (χ1v) is 10.9. The predicted molar refractivity (Wildman–Crippen MR) is 121 cm³/mol. The summed E-state index contributed by atoms with van der Waals surface area (Å²) in [5.41, 5.74) is 0.926. The van der Waals surface area contributed by atoms with E-state index in [1.807, 2.05) is 56.3 Å². The van der Waals surface area contributed by atoms with Crippen molar-refractivity contribution in [2.24, 2.45) is 11.8 Å². The topological polar surface area (TPSA) is 90.9 Å². The first-order chi connectivity index (χ1) is 15.4. The largest absolute Gasteiger partial charge is 0.464 e. The number of hydrogen-bond acceptors (Lipinski definition) is 6. The highest BCUT2D eigenvalue weighted by molar-refractivity contribution is 5.85. The van der Waals surface area contributed by atoms with Crippen LogP contribution in [0.4, 0.5) is 0 Å². The van der Waals surface area contributed by atoms with E-state index < -0.39 is 12.0 Å². The maximum absolute atomic E-state index is 12.7. The number of cyclic esters (lactones) is 2. The van der Waals surface area contributed by atoms with Gasteiger partial charge in [-0.3, -0.25) is 9.59 Å². The lowest BCUT2D eigenvalue weighted by atomic mass is 10.0. The standard InChI is InChI=1S/C25H33NO6/c1-18-9-7-14-24(28)31-17-22(30-3)19(2)10-8-13-23(27)26-21(25(29)32-16-18)15-20-11-5-4-6-12-20/h4-12,18-19,21-22H,13-17H2,1-3H3,(H,26,27)/b9-7+,10-8+/t18-,19?,21+,22-/m1/s1. The van der Waals surface area contributed by atoms with Gasteiger partial charge in [0.25, 0.3) is 0 Å². The molecule has 32 heavy (non-hydrogen) atoms. The van der Waals surface area contributed by atoms with Crippen molar-refractivity contribution in [1.82, 2.24) is 5.32 Å². The predicted octanol–water partition coefficient (Wildman–Crippen LogP) is 2.99. The molecule has 7 heteroatoms. The van der Waals surface area contributed by atoms with Gasteiger partial charge in [0.2, 0.25) is 5.91 Å².